The average molecular weight is 388 g/mol. The van der Waals surface area contributed by atoms with Crippen molar-refractivity contribution in [1.29, 1.82) is 0 Å². The second kappa shape index (κ2) is 8.33. The van der Waals surface area contributed by atoms with Crippen molar-refractivity contribution >= 4 is 22.6 Å². The van der Waals surface area contributed by atoms with Crippen LogP contribution in [0.2, 0.25) is 0 Å². The van der Waals surface area contributed by atoms with E-state index in [0.29, 0.717) is 32.7 Å². The molecule has 0 bridgehead atoms. The Morgan fingerprint density at radius 3 is 3.04 bits per heavy atom. The Hall–Kier alpha value is -2.03. The predicted molar refractivity (Wildman–Crippen MR) is 103 cm³/mol. The van der Waals surface area contributed by atoms with E-state index >= 15 is 0 Å². The van der Waals surface area contributed by atoms with E-state index in [9.17, 15) is 4.79 Å². The van der Waals surface area contributed by atoms with Crippen molar-refractivity contribution in [3.63, 3.8) is 0 Å². The first-order valence-electron chi connectivity index (χ1n) is 9.28. The third-order valence-electron chi connectivity index (χ3n) is 5.04. The first-order valence-corrected chi connectivity index (χ1v) is 10.1. The number of hydrogen-bond donors (Lipinski definition) is 0. The summed E-state index contributed by atoms with van der Waals surface area (Å²) in [6, 6.07) is 8.34. The number of ether oxygens (including phenoxy) is 2. The van der Waals surface area contributed by atoms with Crippen molar-refractivity contribution < 1.29 is 14.3 Å². The van der Waals surface area contributed by atoms with Crippen molar-refractivity contribution in [2.75, 3.05) is 44.9 Å². The number of carbonyl (C=O) groups excluding carboxylic acids is 1. The molecule has 0 aliphatic carbocycles. The van der Waals surface area contributed by atoms with Gasteiger partial charge in [0, 0.05) is 44.7 Å². The lowest BCUT2D eigenvalue weighted by Gasteiger charge is -2.36. The van der Waals surface area contributed by atoms with Gasteiger partial charge in [-0.25, -0.2) is 4.98 Å². The van der Waals surface area contributed by atoms with Crippen LogP contribution in [0, 0.1) is 0 Å². The molecule has 1 atom stereocenters. The minimum Gasteiger partial charge on any atom is -0.384 e. The van der Waals surface area contributed by atoms with Crippen molar-refractivity contribution in [3.05, 3.63) is 41.2 Å². The van der Waals surface area contributed by atoms with Crippen LogP contribution in [-0.4, -0.2) is 66.2 Å². The van der Waals surface area contributed by atoms with Crippen LogP contribution >= 0.6 is 11.5 Å². The minimum atomic E-state index is -0.449. The summed E-state index contributed by atoms with van der Waals surface area (Å²) in [7, 11) is 1.67. The van der Waals surface area contributed by atoms with Gasteiger partial charge in [0.1, 0.15) is 5.82 Å². The maximum absolute atomic E-state index is 13.0. The van der Waals surface area contributed by atoms with Gasteiger partial charge in [0.15, 0.2) is 6.10 Å². The van der Waals surface area contributed by atoms with Gasteiger partial charge in [-0.1, -0.05) is 24.3 Å². The molecule has 144 valence electrons. The molecule has 1 aromatic carbocycles. The van der Waals surface area contributed by atoms with E-state index in [1.807, 2.05) is 11.0 Å². The smallest absolute Gasteiger partial charge is 0.253 e. The number of rotatable bonds is 5. The van der Waals surface area contributed by atoms with Gasteiger partial charge < -0.3 is 19.3 Å². The Morgan fingerprint density at radius 1 is 1.33 bits per heavy atom. The van der Waals surface area contributed by atoms with E-state index in [2.05, 4.69) is 32.5 Å². The number of morpholine rings is 1. The number of fused-ring (bicyclic) bond motifs is 1. The minimum absolute atomic E-state index is 0.0679. The summed E-state index contributed by atoms with van der Waals surface area (Å²) in [6.45, 7) is 3.79. The number of amides is 1. The summed E-state index contributed by atoms with van der Waals surface area (Å²) in [5.74, 6) is 0.859. The Morgan fingerprint density at radius 2 is 2.19 bits per heavy atom. The van der Waals surface area contributed by atoms with Crippen LogP contribution in [0.15, 0.2) is 24.3 Å². The molecule has 0 spiro atoms. The van der Waals surface area contributed by atoms with E-state index in [1.54, 1.807) is 7.11 Å². The number of methoxy groups -OCH3 is 1. The molecule has 1 amide bonds. The highest BCUT2D eigenvalue weighted by Gasteiger charge is 2.32. The van der Waals surface area contributed by atoms with Crippen LogP contribution < -0.4 is 4.90 Å². The molecule has 1 aromatic heterocycles. The zero-order valence-corrected chi connectivity index (χ0v) is 16.3. The number of aromatic nitrogens is 2. The lowest BCUT2D eigenvalue weighted by molar-refractivity contribution is -0.145. The van der Waals surface area contributed by atoms with Crippen LogP contribution in [0.4, 0.5) is 5.13 Å². The van der Waals surface area contributed by atoms with E-state index in [1.165, 1.54) is 22.7 Å². The largest absolute Gasteiger partial charge is 0.384 e. The van der Waals surface area contributed by atoms with Crippen molar-refractivity contribution in [2.45, 2.75) is 25.5 Å². The topological polar surface area (TPSA) is 67.8 Å². The van der Waals surface area contributed by atoms with Crippen molar-refractivity contribution in [1.82, 2.24) is 14.3 Å². The molecule has 27 heavy (non-hydrogen) atoms. The molecule has 1 fully saturated rings. The number of hydrogen-bond acceptors (Lipinski definition) is 7. The fraction of sp³-hybridized carbons (Fsp3) is 0.526. The van der Waals surface area contributed by atoms with Gasteiger partial charge in [0.2, 0.25) is 5.13 Å². The van der Waals surface area contributed by atoms with Gasteiger partial charge in [0.25, 0.3) is 5.91 Å². The monoisotopic (exact) mass is 388 g/mol. The number of carbonyl (C=O) groups is 1. The standard InChI is InChI=1S/C19H24N4O3S/c1-25-10-7-17-20-19(27-21-17)23-9-11-26-16(13-23)18(24)22-8-6-14-4-2-3-5-15(14)12-22/h2-5,16H,6-13H2,1H3. The number of anilines is 1. The fourth-order valence-corrected chi connectivity index (χ4v) is 4.27. The normalized spacial score (nSPS) is 19.8. The highest BCUT2D eigenvalue weighted by atomic mass is 32.1. The predicted octanol–water partition coefficient (Wildman–Crippen LogP) is 1.52. The van der Waals surface area contributed by atoms with E-state index in [0.717, 1.165) is 30.5 Å². The molecule has 2 aromatic rings. The van der Waals surface area contributed by atoms with Gasteiger partial charge in [-0.15, -0.1) is 0 Å². The van der Waals surface area contributed by atoms with Gasteiger partial charge in [-0.05, 0) is 17.5 Å². The Kier molecular flexibility index (Phi) is 5.66. The van der Waals surface area contributed by atoms with Crippen LogP contribution in [0.3, 0.4) is 0 Å². The van der Waals surface area contributed by atoms with Gasteiger partial charge in [0.05, 0.1) is 19.8 Å². The summed E-state index contributed by atoms with van der Waals surface area (Å²) < 4.78 is 15.3. The molecule has 0 radical (unpaired) electrons. The lowest BCUT2D eigenvalue weighted by Crippen LogP contribution is -2.52. The molecule has 8 heteroatoms. The zero-order chi connectivity index (χ0) is 18.6. The van der Waals surface area contributed by atoms with E-state index in [-0.39, 0.29) is 5.91 Å². The van der Waals surface area contributed by atoms with Gasteiger partial charge in [-0.3, -0.25) is 4.79 Å². The maximum atomic E-state index is 13.0. The van der Waals surface area contributed by atoms with Crippen molar-refractivity contribution in [3.8, 4) is 0 Å². The fourth-order valence-electron chi connectivity index (χ4n) is 3.53. The quantitative estimate of drug-likeness (QED) is 0.774. The molecule has 7 nitrogen and oxygen atoms in total. The van der Waals surface area contributed by atoms with Crippen LogP contribution in [0.1, 0.15) is 17.0 Å². The lowest BCUT2D eigenvalue weighted by atomic mass is 9.99. The maximum Gasteiger partial charge on any atom is 0.253 e. The number of benzene rings is 1. The van der Waals surface area contributed by atoms with Crippen LogP contribution in [-0.2, 0) is 33.7 Å². The molecule has 2 aliphatic rings. The summed E-state index contributed by atoms with van der Waals surface area (Å²) in [4.78, 5) is 21.6. The first kappa shape index (κ1) is 18.3. The number of nitrogens with zero attached hydrogens (tertiary/aromatic N) is 4. The summed E-state index contributed by atoms with van der Waals surface area (Å²) in [6.07, 6.45) is 1.15. The third kappa shape index (κ3) is 4.12. The molecule has 0 saturated carbocycles. The second-order valence-electron chi connectivity index (χ2n) is 6.82. The van der Waals surface area contributed by atoms with Crippen LogP contribution in [0.25, 0.3) is 0 Å². The van der Waals surface area contributed by atoms with Crippen molar-refractivity contribution in [2.24, 2.45) is 0 Å². The Balaban J connectivity index is 1.39. The van der Waals surface area contributed by atoms with Gasteiger partial charge >= 0.3 is 0 Å². The van der Waals surface area contributed by atoms with E-state index in [4.69, 9.17) is 9.47 Å². The van der Waals surface area contributed by atoms with Crippen LogP contribution in [0.5, 0.6) is 0 Å². The Labute approximate surface area is 163 Å². The average Bonchev–Trinajstić information content (AvgIpc) is 3.20. The molecular formula is C19H24N4O3S. The Bertz CT molecular complexity index is 797. The summed E-state index contributed by atoms with van der Waals surface area (Å²) in [5.41, 5.74) is 2.57. The molecule has 0 N–H and O–H groups in total. The molecule has 3 heterocycles. The molecule has 4 rings (SSSR count). The molecule has 2 aliphatic heterocycles. The second-order valence-corrected chi connectivity index (χ2v) is 7.55. The first-order chi connectivity index (χ1) is 13.2. The summed E-state index contributed by atoms with van der Waals surface area (Å²) >= 11 is 1.38. The van der Waals surface area contributed by atoms with Gasteiger partial charge in [-0.2, -0.15) is 4.37 Å². The molecule has 1 saturated heterocycles. The highest BCUT2D eigenvalue weighted by Crippen LogP contribution is 2.23. The highest BCUT2D eigenvalue weighted by molar-refractivity contribution is 7.09. The SMILES string of the molecule is COCCc1nsc(N2CCOC(C(=O)N3CCc4ccccc4C3)C2)n1. The zero-order valence-electron chi connectivity index (χ0n) is 15.5. The third-order valence-corrected chi connectivity index (χ3v) is 5.86. The molecule has 1 unspecified atom stereocenters. The van der Waals surface area contributed by atoms with E-state index < -0.39 is 6.10 Å². The molecular weight excluding hydrogens is 364 g/mol. The summed E-state index contributed by atoms with van der Waals surface area (Å²) in [5, 5.41) is 0.853.